The van der Waals surface area contributed by atoms with E-state index in [1.54, 1.807) is 24.3 Å². The number of fused-ring (bicyclic) bond motifs is 4. The summed E-state index contributed by atoms with van der Waals surface area (Å²) in [5.41, 5.74) is 5.93. The van der Waals surface area contributed by atoms with E-state index in [1.807, 2.05) is 21.5 Å². The third kappa shape index (κ3) is 12.5. The van der Waals surface area contributed by atoms with Gasteiger partial charge in [0.05, 0.1) is 12.2 Å². The highest BCUT2D eigenvalue weighted by Gasteiger charge is 2.32. The first kappa shape index (κ1) is 47.3. The molecule has 0 saturated heterocycles. The fourth-order valence-corrected chi connectivity index (χ4v) is 9.97. The Labute approximate surface area is 361 Å². The highest BCUT2D eigenvalue weighted by Crippen LogP contribution is 2.33. The second-order valence-electron chi connectivity index (χ2n) is 16.9. The minimum atomic E-state index is -0.719. The summed E-state index contributed by atoms with van der Waals surface area (Å²) in [5, 5.41) is 42.7. The summed E-state index contributed by atoms with van der Waals surface area (Å²) in [6.45, 7) is 1.52. The van der Waals surface area contributed by atoms with Gasteiger partial charge in [-0.1, -0.05) is 38.3 Å². The monoisotopic (exact) mass is 886 g/mol. The number of aliphatic hydroxyl groups is 4. The Balaban J connectivity index is 0.000000201. The van der Waals surface area contributed by atoms with Crippen LogP contribution in [0.5, 0.6) is 11.5 Å². The Bertz CT molecular complexity index is 1800. The Hall–Kier alpha value is -3.18. The van der Waals surface area contributed by atoms with E-state index in [2.05, 4.69) is 18.8 Å². The summed E-state index contributed by atoms with van der Waals surface area (Å²) in [7, 11) is 5.16. The van der Waals surface area contributed by atoms with Crippen LogP contribution in [0.4, 0.5) is 17.6 Å². The molecule has 0 spiro atoms. The lowest BCUT2D eigenvalue weighted by Gasteiger charge is -2.34. The van der Waals surface area contributed by atoms with Crippen LogP contribution in [0, 0.1) is 35.1 Å². The van der Waals surface area contributed by atoms with Gasteiger partial charge in [-0.3, -0.25) is 9.34 Å². The quantitative estimate of drug-likeness (QED) is 0.0877. The second-order valence-corrected chi connectivity index (χ2v) is 18.4. The van der Waals surface area contributed by atoms with Gasteiger partial charge in [0.1, 0.15) is 59.2 Å². The molecular weight excluding hydrogens is 826 g/mol. The van der Waals surface area contributed by atoms with Crippen LogP contribution in [-0.4, -0.2) is 92.6 Å². The lowest BCUT2D eigenvalue weighted by atomic mass is 9.81. The van der Waals surface area contributed by atoms with Crippen molar-refractivity contribution in [3.8, 4) is 11.5 Å². The Morgan fingerprint density at radius 2 is 0.803 bits per heavy atom. The zero-order valence-corrected chi connectivity index (χ0v) is 35.9. The molecule has 2 aliphatic heterocycles. The normalized spacial score (nSPS) is 22.4. The third-order valence-corrected chi connectivity index (χ3v) is 13.3. The van der Waals surface area contributed by atoms with Crippen LogP contribution in [0.15, 0.2) is 72.8 Å². The first-order chi connectivity index (χ1) is 28.8. The summed E-state index contributed by atoms with van der Waals surface area (Å²) in [6, 6.07) is 18.7. The van der Waals surface area contributed by atoms with Crippen LogP contribution < -0.4 is 9.47 Å². The van der Waals surface area contributed by atoms with Crippen LogP contribution >= 0.6 is 18.8 Å². The van der Waals surface area contributed by atoms with E-state index in [4.69, 9.17) is 9.47 Å². The molecule has 332 valence electrons. The number of aliphatic hydroxyl groups excluding tert-OH is 4. The van der Waals surface area contributed by atoms with E-state index in [0.717, 1.165) is 71.9 Å². The lowest BCUT2D eigenvalue weighted by Crippen LogP contribution is -2.43. The summed E-state index contributed by atoms with van der Waals surface area (Å²) in [4.78, 5) is 0. The molecule has 4 N–H and O–H groups in total. The maximum atomic E-state index is 13.4. The number of hydrogen-bond acceptors (Lipinski definition) is 8. The number of ether oxygens (including phenoxy) is 2. The number of nitrogens with zero attached hydrogens (tertiary/aromatic N) is 2. The highest BCUT2D eigenvalue weighted by atomic mass is 31.0. The minimum Gasteiger partial charge on any atom is -0.487 e. The minimum absolute atomic E-state index is 0. The number of aryl methyl sites for hydroxylation is 4. The first-order valence-corrected chi connectivity index (χ1v) is 22.0. The molecule has 0 saturated carbocycles. The molecule has 0 bridgehead atoms. The molecule has 10 atom stereocenters. The first-order valence-electron chi connectivity index (χ1n) is 20.9. The van der Waals surface area contributed by atoms with Gasteiger partial charge in [0.15, 0.2) is 0 Å². The van der Waals surface area contributed by atoms with Crippen LogP contribution in [0.2, 0.25) is 0 Å². The number of benzene rings is 4. The van der Waals surface area contributed by atoms with Gasteiger partial charge in [-0.15, -0.1) is 0 Å². The maximum absolute atomic E-state index is 13.4. The molecule has 8 rings (SSSR count). The predicted molar refractivity (Wildman–Crippen MR) is 235 cm³/mol. The standard InChI is InChI=1S/2C23H28F2NO3P.CH4/c2*24-18-5-3-14-9-16(2-1-15(14)10-18)20(27)12-26(30)13-21(28)23-7-4-17-11-19(25)6-8-22(17)29-23;/h2*3,5-6,8,10-11,16,20-21,23,27-28H,1-2,4,7,9,12-13,30H2;1H4/t16-,20+,21+,23-;16-,20-,21-,23-;/m10./s1. The maximum Gasteiger partial charge on any atom is 0.126 e. The molecule has 2 heterocycles. The van der Waals surface area contributed by atoms with Crippen molar-refractivity contribution in [2.75, 3.05) is 26.2 Å². The number of rotatable bonds is 12. The van der Waals surface area contributed by atoms with E-state index in [0.29, 0.717) is 63.4 Å². The van der Waals surface area contributed by atoms with Gasteiger partial charge >= 0.3 is 0 Å². The zero-order chi connectivity index (χ0) is 42.5. The van der Waals surface area contributed by atoms with Crippen molar-refractivity contribution in [3.63, 3.8) is 0 Å². The van der Waals surface area contributed by atoms with Gasteiger partial charge in [0.25, 0.3) is 0 Å². The van der Waals surface area contributed by atoms with Crippen molar-refractivity contribution in [2.24, 2.45) is 11.8 Å². The van der Waals surface area contributed by atoms with Crippen LogP contribution in [-0.2, 0) is 38.5 Å². The van der Waals surface area contributed by atoms with Gasteiger partial charge in [0.2, 0.25) is 0 Å². The van der Waals surface area contributed by atoms with Gasteiger partial charge in [-0.25, -0.2) is 17.6 Å². The Kier molecular flexibility index (Phi) is 16.6. The number of halogens is 4. The fourth-order valence-electron chi connectivity index (χ4n) is 9.10. The molecule has 61 heavy (non-hydrogen) atoms. The molecule has 0 radical (unpaired) electrons. The fraction of sp³-hybridized carbons (Fsp3) is 0.489. The van der Waals surface area contributed by atoms with Gasteiger partial charge in [-0.2, -0.15) is 0 Å². The molecule has 4 aromatic carbocycles. The summed E-state index contributed by atoms with van der Waals surface area (Å²) in [6.07, 6.45) is 3.96. The molecule has 4 aliphatic rings. The molecule has 0 aromatic heterocycles. The average Bonchev–Trinajstić information content (AvgIpc) is 3.22. The molecule has 8 nitrogen and oxygen atoms in total. The van der Waals surface area contributed by atoms with E-state index >= 15 is 0 Å². The molecule has 2 aliphatic carbocycles. The van der Waals surface area contributed by atoms with Crippen LogP contribution in [0.1, 0.15) is 66.5 Å². The topological polar surface area (TPSA) is 106 Å². The van der Waals surface area contributed by atoms with E-state index in [1.165, 1.54) is 36.4 Å². The summed E-state index contributed by atoms with van der Waals surface area (Å²) < 4.78 is 68.9. The average molecular weight is 887 g/mol. The molecule has 14 heteroatoms. The molecule has 4 aromatic rings. The van der Waals surface area contributed by atoms with Gasteiger partial charge in [-0.05, 0) is 170 Å². The lowest BCUT2D eigenvalue weighted by molar-refractivity contribution is 0.00630. The van der Waals surface area contributed by atoms with Crippen molar-refractivity contribution in [1.29, 1.82) is 0 Å². The molecule has 0 amide bonds. The van der Waals surface area contributed by atoms with Crippen molar-refractivity contribution in [3.05, 3.63) is 129 Å². The van der Waals surface area contributed by atoms with Crippen LogP contribution in [0.3, 0.4) is 0 Å². The van der Waals surface area contributed by atoms with Gasteiger partial charge in [0, 0.05) is 26.2 Å². The Morgan fingerprint density at radius 1 is 0.475 bits per heavy atom. The molecule has 2 unspecified atom stereocenters. The van der Waals surface area contributed by atoms with Gasteiger partial charge < -0.3 is 29.9 Å². The van der Waals surface area contributed by atoms with Crippen molar-refractivity contribution in [2.45, 2.75) is 108 Å². The zero-order valence-electron chi connectivity index (χ0n) is 33.6. The van der Waals surface area contributed by atoms with Crippen LogP contribution in [0.25, 0.3) is 0 Å². The second kappa shape index (κ2) is 21.5. The highest BCUT2D eigenvalue weighted by molar-refractivity contribution is 7.13. The van der Waals surface area contributed by atoms with Crippen molar-refractivity contribution < 1.29 is 47.5 Å². The van der Waals surface area contributed by atoms with Crippen molar-refractivity contribution >= 4 is 18.8 Å². The summed E-state index contributed by atoms with van der Waals surface area (Å²) >= 11 is 0. The SMILES string of the molecule is C.O[C@@H](CN(P)C[C@H](O)[C@@H]1CCc2cc(F)ccc2O1)[C@H]1CCc2cc(F)ccc2C1.O[C@@H](CN(P)C[C@H](O)[C@H]1CCc2cc(F)ccc2O1)[C@@H]1CCc2cc(F)ccc2C1. The Morgan fingerprint density at radius 3 is 1.20 bits per heavy atom. The van der Waals surface area contributed by atoms with Crippen molar-refractivity contribution in [1.82, 2.24) is 9.34 Å². The third-order valence-electron chi connectivity index (χ3n) is 12.5. The smallest absolute Gasteiger partial charge is 0.126 e. The van der Waals surface area contributed by atoms with E-state index < -0.39 is 24.4 Å². The van der Waals surface area contributed by atoms with E-state index in [-0.39, 0.29) is 54.7 Å². The summed E-state index contributed by atoms with van der Waals surface area (Å²) in [5.74, 6) is 0.477. The predicted octanol–water partition coefficient (Wildman–Crippen LogP) is 7.19. The number of hydrogen-bond donors (Lipinski definition) is 4. The molecular formula is C47H60F4N2O6P2. The molecule has 0 fully saturated rings. The van der Waals surface area contributed by atoms with E-state index in [9.17, 15) is 38.0 Å². The largest absolute Gasteiger partial charge is 0.487 e.